The van der Waals surface area contributed by atoms with Crippen LogP contribution in [0.15, 0.2) is 12.4 Å². The molecule has 0 aliphatic carbocycles. The standard InChI is InChI=1S/C19H28N4O3/c1-13-12-23(18(25)26-13)16-15(20-7-8-21-16)11-14-5-9-22(10-6-14)17(24)19(2,3)4/h7-8,13-14H,5-6,9-12H2,1-4H3/t13-/m0/s1. The van der Waals surface area contributed by atoms with Gasteiger partial charge >= 0.3 is 6.09 Å². The zero-order valence-electron chi connectivity index (χ0n) is 16.1. The van der Waals surface area contributed by atoms with Crippen LogP contribution in [0, 0.1) is 11.3 Å². The summed E-state index contributed by atoms with van der Waals surface area (Å²) in [7, 11) is 0. The molecular formula is C19H28N4O3. The first kappa shape index (κ1) is 18.6. The van der Waals surface area contributed by atoms with Crippen LogP contribution in [0.4, 0.5) is 10.6 Å². The maximum Gasteiger partial charge on any atom is 0.415 e. The van der Waals surface area contributed by atoms with E-state index in [0.717, 1.165) is 38.0 Å². The van der Waals surface area contributed by atoms with Gasteiger partial charge in [0.05, 0.1) is 12.2 Å². The number of nitrogens with zero attached hydrogens (tertiary/aromatic N) is 4. The fourth-order valence-electron chi connectivity index (χ4n) is 3.59. The molecule has 1 atom stereocenters. The van der Waals surface area contributed by atoms with E-state index in [9.17, 15) is 9.59 Å². The molecule has 2 fully saturated rings. The van der Waals surface area contributed by atoms with E-state index in [0.29, 0.717) is 18.3 Å². The Morgan fingerprint density at radius 2 is 1.88 bits per heavy atom. The van der Waals surface area contributed by atoms with Crippen LogP contribution in [0.5, 0.6) is 0 Å². The van der Waals surface area contributed by atoms with Gasteiger partial charge in [-0.15, -0.1) is 0 Å². The highest BCUT2D eigenvalue weighted by Gasteiger charge is 2.34. The fourth-order valence-corrected chi connectivity index (χ4v) is 3.59. The van der Waals surface area contributed by atoms with E-state index >= 15 is 0 Å². The van der Waals surface area contributed by atoms with Crippen LogP contribution in [0.1, 0.15) is 46.2 Å². The minimum atomic E-state index is -0.357. The summed E-state index contributed by atoms with van der Waals surface area (Å²) in [5, 5.41) is 0. The maximum absolute atomic E-state index is 12.4. The number of aromatic nitrogens is 2. The third kappa shape index (κ3) is 3.97. The van der Waals surface area contributed by atoms with Gasteiger partial charge in [0.2, 0.25) is 5.91 Å². The van der Waals surface area contributed by atoms with E-state index in [1.54, 1.807) is 17.3 Å². The average molecular weight is 360 g/mol. The highest BCUT2D eigenvalue weighted by atomic mass is 16.6. The first-order valence-corrected chi connectivity index (χ1v) is 9.33. The third-order valence-electron chi connectivity index (χ3n) is 5.00. The first-order chi connectivity index (χ1) is 12.3. The van der Waals surface area contributed by atoms with Gasteiger partial charge in [-0.05, 0) is 32.1 Å². The van der Waals surface area contributed by atoms with Crippen LogP contribution in [0.25, 0.3) is 0 Å². The smallest absolute Gasteiger partial charge is 0.415 e. The molecule has 7 nitrogen and oxygen atoms in total. The first-order valence-electron chi connectivity index (χ1n) is 9.33. The maximum atomic E-state index is 12.4. The number of cyclic esters (lactones) is 1. The van der Waals surface area contributed by atoms with Crippen molar-refractivity contribution >= 4 is 17.8 Å². The van der Waals surface area contributed by atoms with Crippen molar-refractivity contribution in [2.24, 2.45) is 11.3 Å². The van der Waals surface area contributed by atoms with E-state index in [-0.39, 0.29) is 23.5 Å². The molecule has 2 aliphatic heterocycles. The molecule has 3 heterocycles. The van der Waals surface area contributed by atoms with Crippen molar-refractivity contribution in [1.29, 1.82) is 0 Å². The molecule has 0 N–H and O–H groups in total. The van der Waals surface area contributed by atoms with Crippen molar-refractivity contribution in [2.45, 2.75) is 53.1 Å². The van der Waals surface area contributed by atoms with Crippen LogP contribution in [0.3, 0.4) is 0 Å². The minimum Gasteiger partial charge on any atom is -0.444 e. The molecule has 0 unspecified atom stereocenters. The molecule has 26 heavy (non-hydrogen) atoms. The average Bonchev–Trinajstić information content (AvgIpc) is 2.93. The van der Waals surface area contributed by atoms with Gasteiger partial charge in [0, 0.05) is 30.9 Å². The number of piperidine rings is 1. The number of amides is 2. The number of rotatable bonds is 3. The van der Waals surface area contributed by atoms with Gasteiger partial charge in [-0.1, -0.05) is 20.8 Å². The Balaban J connectivity index is 1.64. The van der Waals surface area contributed by atoms with Crippen molar-refractivity contribution < 1.29 is 14.3 Å². The largest absolute Gasteiger partial charge is 0.444 e. The Kier molecular flexibility index (Phi) is 5.16. The second-order valence-corrected chi connectivity index (χ2v) is 8.32. The Morgan fingerprint density at radius 1 is 1.23 bits per heavy atom. The molecule has 2 amide bonds. The second-order valence-electron chi connectivity index (χ2n) is 8.32. The van der Waals surface area contributed by atoms with Crippen molar-refractivity contribution in [3.8, 4) is 0 Å². The molecule has 0 spiro atoms. The number of ether oxygens (including phenoxy) is 1. The molecule has 0 radical (unpaired) electrons. The highest BCUT2D eigenvalue weighted by molar-refractivity contribution is 5.89. The molecular weight excluding hydrogens is 332 g/mol. The summed E-state index contributed by atoms with van der Waals surface area (Å²) in [6, 6.07) is 0. The third-order valence-corrected chi connectivity index (χ3v) is 5.00. The Labute approximate surface area is 154 Å². The number of carbonyl (C=O) groups is 2. The summed E-state index contributed by atoms with van der Waals surface area (Å²) in [5.74, 6) is 1.26. The topological polar surface area (TPSA) is 75.6 Å². The van der Waals surface area contributed by atoms with Gasteiger partial charge in [-0.3, -0.25) is 14.7 Å². The summed E-state index contributed by atoms with van der Waals surface area (Å²) in [6.07, 6.45) is 5.44. The van der Waals surface area contributed by atoms with E-state index in [2.05, 4.69) is 9.97 Å². The lowest BCUT2D eigenvalue weighted by Crippen LogP contribution is -2.44. The van der Waals surface area contributed by atoms with Crippen LogP contribution in [0.2, 0.25) is 0 Å². The van der Waals surface area contributed by atoms with Crippen molar-refractivity contribution in [2.75, 3.05) is 24.5 Å². The number of hydrogen-bond acceptors (Lipinski definition) is 5. The summed E-state index contributed by atoms with van der Waals surface area (Å²) >= 11 is 0. The predicted octanol–water partition coefficient (Wildman–Crippen LogP) is 2.65. The van der Waals surface area contributed by atoms with Crippen LogP contribution < -0.4 is 4.90 Å². The summed E-state index contributed by atoms with van der Waals surface area (Å²) in [5.41, 5.74) is 0.497. The molecule has 2 saturated heterocycles. The molecule has 0 bridgehead atoms. The molecule has 0 aromatic carbocycles. The molecule has 1 aromatic rings. The van der Waals surface area contributed by atoms with Crippen molar-refractivity contribution in [1.82, 2.24) is 14.9 Å². The van der Waals surface area contributed by atoms with Crippen LogP contribution >= 0.6 is 0 Å². The summed E-state index contributed by atoms with van der Waals surface area (Å²) in [4.78, 5) is 36.9. The Bertz CT molecular complexity index is 678. The van der Waals surface area contributed by atoms with Gasteiger partial charge in [0.1, 0.15) is 6.10 Å². The molecule has 0 saturated carbocycles. The number of carbonyl (C=O) groups excluding carboxylic acids is 2. The summed E-state index contributed by atoms with van der Waals surface area (Å²) < 4.78 is 5.22. The number of hydrogen-bond donors (Lipinski definition) is 0. The number of likely N-dealkylation sites (tertiary alicyclic amines) is 1. The molecule has 2 aliphatic rings. The quantitative estimate of drug-likeness (QED) is 0.828. The molecule has 7 heteroatoms. The Morgan fingerprint density at radius 3 is 2.46 bits per heavy atom. The van der Waals surface area contributed by atoms with Crippen LogP contribution in [-0.2, 0) is 16.0 Å². The highest BCUT2D eigenvalue weighted by Crippen LogP contribution is 2.29. The molecule has 1 aromatic heterocycles. The SMILES string of the molecule is C[C@H]1CN(c2nccnc2CC2CCN(C(=O)C(C)(C)C)CC2)C(=O)O1. The second kappa shape index (κ2) is 7.21. The van der Waals surface area contributed by atoms with Gasteiger partial charge < -0.3 is 9.64 Å². The van der Waals surface area contributed by atoms with E-state index in [4.69, 9.17) is 4.74 Å². The van der Waals surface area contributed by atoms with E-state index in [1.807, 2.05) is 32.6 Å². The minimum absolute atomic E-state index is 0.135. The van der Waals surface area contributed by atoms with E-state index < -0.39 is 0 Å². The van der Waals surface area contributed by atoms with Crippen molar-refractivity contribution in [3.63, 3.8) is 0 Å². The van der Waals surface area contributed by atoms with Crippen molar-refractivity contribution in [3.05, 3.63) is 18.1 Å². The molecule has 142 valence electrons. The predicted molar refractivity (Wildman–Crippen MR) is 97.8 cm³/mol. The normalized spacial score (nSPS) is 21.8. The lowest BCUT2D eigenvalue weighted by Gasteiger charge is -2.35. The lowest BCUT2D eigenvalue weighted by molar-refractivity contribution is -0.140. The van der Waals surface area contributed by atoms with Gasteiger partial charge in [0.25, 0.3) is 0 Å². The zero-order chi connectivity index (χ0) is 18.9. The van der Waals surface area contributed by atoms with Gasteiger partial charge in [0.15, 0.2) is 5.82 Å². The van der Waals surface area contributed by atoms with Gasteiger partial charge in [-0.2, -0.15) is 0 Å². The summed E-state index contributed by atoms with van der Waals surface area (Å²) in [6.45, 7) is 9.81. The Hall–Kier alpha value is -2.18. The zero-order valence-corrected chi connectivity index (χ0v) is 16.1. The van der Waals surface area contributed by atoms with Gasteiger partial charge in [-0.25, -0.2) is 9.78 Å². The monoisotopic (exact) mass is 360 g/mol. The number of anilines is 1. The lowest BCUT2D eigenvalue weighted by atomic mass is 9.89. The van der Waals surface area contributed by atoms with E-state index in [1.165, 1.54) is 0 Å². The fraction of sp³-hybridized carbons (Fsp3) is 0.684. The molecule has 3 rings (SSSR count). The van der Waals surface area contributed by atoms with Crippen LogP contribution in [-0.4, -0.2) is 52.6 Å².